The summed E-state index contributed by atoms with van der Waals surface area (Å²) in [6.45, 7) is 3.92. The third-order valence-corrected chi connectivity index (χ3v) is 4.80. The molecule has 0 bridgehead atoms. The molecule has 0 spiro atoms. The number of hydrogen-bond acceptors (Lipinski definition) is 4. The fourth-order valence-electron chi connectivity index (χ4n) is 3.22. The van der Waals surface area contributed by atoms with Gasteiger partial charge in [0.25, 0.3) is 0 Å². The fraction of sp³-hybridized carbons (Fsp3) is 0.688. The Balaban J connectivity index is 1.98. The topological polar surface area (TPSA) is 71.1 Å². The Bertz CT molecular complexity index is 493. The van der Waals surface area contributed by atoms with Gasteiger partial charge < -0.3 is 10.6 Å². The lowest BCUT2D eigenvalue weighted by Gasteiger charge is -2.36. The van der Waals surface area contributed by atoms with Gasteiger partial charge in [-0.2, -0.15) is 0 Å². The smallest absolute Gasteiger partial charge is 0.226 e. The lowest BCUT2D eigenvalue weighted by atomic mass is 9.69. The number of anilines is 1. The van der Waals surface area contributed by atoms with E-state index >= 15 is 0 Å². The molecule has 2 rings (SSSR count). The minimum Gasteiger partial charge on any atom is -0.354 e. The zero-order chi connectivity index (χ0) is 16.0. The van der Waals surface area contributed by atoms with E-state index < -0.39 is 0 Å². The second-order valence-electron chi connectivity index (χ2n) is 6.52. The third kappa shape index (κ3) is 5.09. The van der Waals surface area contributed by atoms with Crippen molar-refractivity contribution in [2.24, 2.45) is 5.41 Å². The zero-order valence-corrected chi connectivity index (χ0v) is 14.2. The van der Waals surface area contributed by atoms with Crippen LogP contribution < -0.4 is 10.6 Å². The van der Waals surface area contributed by atoms with Crippen LogP contribution in [0.1, 0.15) is 58.8 Å². The van der Waals surface area contributed by atoms with Crippen LogP contribution in [0.15, 0.2) is 11.6 Å². The summed E-state index contributed by atoms with van der Waals surface area (Å²) in [4.78, 5) is 28.6. The Labute approximate surface area is 135 Å². The summed E-state index contributed by atoms with van der Waals surface area (Å²) in [5.41, 5.74) is -0.196. The number of carbonyl (C=O) groups excluding carboxylic acids is 2. The summed E-state index contributed by atoms with van der Waals surface area (Å²) in [6.07, 6.45) is 7.80. The van der Waals surface area contributed by atoms with E-state index in [1.807, 2.05) is 19.2 Å². The lowest BCUT2D eigenvalue weighted by molar-refractivity contribution is -0.126. The molecular weight excluding hydrogens is 298 g/mol. The van der Waals surface area contributed by atoms with E-state index in [-0.39, 0.29) is 23.3 Å². The van der Waals surface area contributed by atoms with Crippen molar-refractivity contribution in [2.45, 2.75) is 64.8 Å². The first-order valence-electron chi connectivity index (χ1n) is 7.98. The highest BCUT2D eigenvalue weighted by atomic mass is 32.1. The summed E-state index contributed by atoms with van der Waals surface area (Å²) in [5.74, 6) is 0.0214. The molecule has 1 aromatic rings. The van der Waals surface area contributed by atoms with Crippen molar-refractivity contribution in [3.8, 4) is 0 Å². The monoisotopic (exact) mass is 323 g/mol. The normalized spacial score (nSPS) is 17.2. The van der Waals surface area contributed by atoms with Gasteiger partial charge in [0.05, 0.1) is 0 Å². The maximum absolute atomic E-state index is 12.3. The Morgan fingerprint density at radius 3 is 2.50 bits per heavy atom. The van der Waals surface area contributed by atoms with Crippen molar-refractivity contribution in [3.63, 3.8) is 0 Å². The number of nitrogens with one attached hydrogen (secondary N) is 2. The van der Waals surface area contributed by atoms with Crippen molar-refractivity contribution in [3.05, 3.63) is 11.6 Å². The third-order valence-electron chi connectivity index (χ3n) is 4.11. The van der Waals surface area contributed by atoms with Gasteiger partial charge in [-0.15, -0.1) is 11.3 Å². The van der Waals surface area contributed by atoms with Gasteiger partial charge in [-0.25, -0.2) is 4.98 Å². The van der Waals surface area contributed by atoms with Crippen LogP contribution >= 0.6 is 11.3 Å². The number of nitrogens with zero attached hydrogens (tertiary/aromatic N) is 1. The molecule has 2 amide bonds. The van der Waals surface area contributed by atoms with E-state index in [1.165, 1.54) is 17.8 Å². The van der Waals surface area contributed by atoms with Gasteiger partial charge in [-0.05, 0) is 32.1 Å². The molecule has 0 aliphatic heterocycles. The predicted molar refractivity (Wildman–Crippen MR) is 88.8 cm³/mol. The highest BCUT2D eigenvalue weighted by Crippen LogP contribution is 2.42. The van der Waals surface area contributed by atoms with Gasteiger partial charge in [-0.3, -0.25) is 9.59 Å². The number of aromatic nitrogens is 1. The van der Waals surface area contributed by atoms with Gasteiger partial charge in [0, 0.05) is 30.5 Å². The number of hydrogen-bond donors (Lipinski definition) is 2. The molecule has 1 saturated carbocycles. The first-order chi connectivity index (χ1) is 10.5. The summed E-state index contributed by atoms with van der Waals surface area (Å²) < 4.78 is 0. The minimum absolute atomic E-state index is 0.0332. The molecule has 0 saturated heterocycles. The molecule has 2 N–H and O–H groups in total. The molecule has 0 atom stereocenters. The van der Waals surface area contributed by atoms with Gasteiger partial charge >= 0.3 is 0 Å². The van der Waals surface area contributed by atoms with Crippen molar-refractivity contribution < 1.29 is 9.59 Å². The maximum atomic E-state index is 12.3. The molecule has 6 heteroatoms. The molecule has 1 heterocycles. The molecule has 0 aromatic carbocycles. The molecule has 5 nitrogen and oxygen atoms in total. The first kappa shape index (κ1) is 16.9. The van der Waals surface area contributed by atoms with Crippen LogP contribution in [-0.2, 0) is 9.59 Å². The van der Waals surface area contributed by atoms with E-state index in [4.69, 9.17) is 0 Å². The van der Waals surface area contributed by atoms with Crippen molar-refractivity contribution >= 4 is 28.3 Å². The molecular formula is C16H25N3O2S. The minimum atomic E-state index is -0.196. The van der Waals surface area contributed by atoms with E-state index in [9.17, 15) is 9.59 Å². The number of carbonyl (C=O) groups is 2. The largest absolute Gasteiger partial charge is 0.354 e. The Hall–Kier alpha value is -1.43. The second-order valence-corrected chi connectivity index (χ2v) is 7.42. The Morgan fingerprint density at radius 2 is 1.91 bits per heavy atom. The summed E-state index contributed by atoms with van der Waals surface area (Å²) >= 11 is 1.41. The summed E-state index contributed by atoms with van der Waals surface area (Å²) in [5, 5.41) is 8.26. The quantitative estimate of drug-likeness (QED) is 0.843. The van der Waals surface area contributed by atoms with Gasteiger partial charge in [-0.1, -0.05) is 19.3 Å². The van der Waals surface area contributed by atoms with Gasteiger partial charge in [0.15, 0.2) is 5.13 Å². The fourth-order valence-corrected chi connectivity index (χ4v) is 3.77. The Kier molecular flexibility index (Phi) is 5.94. The number of thiazole rings is 1. The van der Waals surface area contributed by atoms with Crippen LogP contribution in [0.5, 0.6) is 0 Å². The van der Waals surface area contributed by atoms with E-state index in [0.29, 0.717) is 18.0 Å². The summed E-state index contributed by atoms with van der Waals surface area (Å²) in [7, 11) is 0. The standard InChI is InChI=1S/C16H25N3O2S/c1-12(2)18-13(20)10-16(6-4-3-5-7-16)11-14(21)19-15-17-8-9-22-15/h8-9,12H,3-7,10-11H2,1-2H3,(H,18,20)(H,17,19,21). The molecule has 0 unspecified atom stereocenters. The molecule has 0 radical (unpaired) electrons. The van der Waals surface area contributed by atoms with Crippen molar-refractivity contribution in [1.82, 2.24) is 10.3 Å². The number of rotatable bonds is 6. The van der Waals surface area contributed by atoms with Gasteiger partial charge in [0.1, 0.15) is 0 Å². The predicted octanol–water partition coefficient (Wildman–Crippen LogP) is 3.34. The average molecular weight is 323 g/mol. The first-order valence-corrected chi connectivity index (χ1v) is 8.86. The van der Waals surface area contributed by atoms with Crippen LogP contribution in [0.3, 0.4) is 0 Å². The van der Waals surface area contributed by atoms with Crippen LogP contribution in [0.2, 0.25) is 0 Å². The molecule has 122 valence electrons. The second kappa shape index (κ2) is 7.72. The molecule has 1 aliphatic rings. The molecule has 1 aliphatic carbocycles. The van der Waals surface area contributed by atoms with Crippen LogP contribution in [0, 0.1) is 5.41 Å². The molecule has 1 fully saturated rings. The van der Waals surface area contributed by atoms with Crippen LogP contribution in [0.4, 0.5) is 5.13 Å². The molecule has 22 heavy (non-hydrogen) atoms. The van der Waals surface area contributed by atoms with E-state index in [0.717, 1.165) is 25.7 Å². The zero-order valence-electron chi connectivity index (χ0n) is 13.4. The highest BCUT2D eigenvalue weighted by molar-refractivity contribution is 7.13. The van der Waals surface area contributed by atoms with Crippen LogP contribution in [-0.4, -0.2) is 22.8 Å². The van der Waals surface area contributed by atoms with E-state index in [2.05, 4.69) is 15.6 Å². The number of amides is 2. The Morgan fingerprint density at radius 1 is 1.23 bits per heavy atom. The SMILES string of the molecule is CC(C)NC(=O)CC1(CC(=O)Nc2nccs2)CCCCC1. The maximum Gasteiger partial charge on any atom is 0.226 e. The van der Waals surface area contributed by atoms with Crippen molar-refractivity contribution in [1.29, 1.82) is 0 Å². The average Bonchev–Trinajstić information content (AvgIpc) is 2.90. The molecule has 1 aromatic heterocycles. The van der Waals surface area contributed by atoms with Crippen LogP contribution in [0.25, 0.3) is 0 Å². The lowest BCUT2D eigenvalue weighted by Crippen LogP contribution is -2.38. The highest BCUT2D eigenvalue weighted by Gasteiger charge is 2.36. The van der Waals surface area contributed by atoms with E-state index in [1.54, 1.807) is 6.20 Å². The summed E-state index contributed by atoms with van der Waals surface area (Å²) in [6, 6.07) is 0.136. The van der Waals surface area contributed by atoms with Gasteiger partial charge in [0.2, 0.25) is 11.8 Å². The van der Waals surface area contributed by atoms with Crippen molar-refractivity contribution in [2.75, 3.05) is 5.32 Å².